The van der Waals surface area contributed by atoms with Gasteiger partial charge in [-0.15, -0.1) is 10.2 Å². The van der Waals surface area contributed by atoms with E-state index in [4.69, 9.17) is 32.7 Å². The number of amides is 1. The van der Waals surface area contributed by atoms with Crippen molar-refractivity contribution in [3.05, 3.63) is 58.6 Å². The summed E-state index contributed by atoms with van der Waals surface area (Å²) >= 11 is 13.5. The number of nitrogens with one attached hydrogen (secondary N) is 1. The maximum atomic E-state index is 12.3. The molecule has 7 nitrogen and oxygen atoms in total. The first-order valence-corrected chi connectivity index (χ1v) is 11.8. The lowest BCUT2D eigenvalue weighted by molar-refractivity contribution is -0.118. The fourth-order valence-corrected chi connectivity index (χ4v) is 4.02. The average Bonchev–Trinajstić information content (AvgIpc) is 3.19. The first kappa shape index (κ1) is 24.4. The monoisotopic (exact) mass is 494 g/mol. The van der Waals surface area contributed by atoms with Gasteiger partial charge in [-0.05, 0) is 42.8 Å². The highest BCUT2D eigenvalue weighted by molar-refractivity contribution is 7.99. The summed E-state index contributed by atoms with van der Waals surface area (Å²) in [6, 6.07) is 14.6. The quantitative estimate of drug-likeness (QED) is 0.293. The molecule has 0 saturated carbocycles. The van der Waals surface area contributed by atoms with Crippen molar-refractivity contribution in [2.75, 3.05) is 32.6 Å². The van der Waals surface area contributed by atoms with E-state index in [1.807, 2.05) is 28.8 Å². The van der Waals surface area contributed by atoms with Crippen molar-refractivity contribution < 1.29 is 14.3 Å². The van der Waals surface area contributed by atoms with Gasteiger partial charge in [0.25, 0.3) is 0 Å². The van der Waals surface area contributed by atoms with Gasteiger partial charge in [0.1, 0.15) is 12.4 Å². The topological polar surface area (TPSA) is 78.3 Å². The Balaban J connectivity index is 1.54. The first-order valence-electron chi connectivity index (χ1n) is 10.0. The minimum atomic E-state index is -0.111. The average molecular weight is 495 g/mol. The zero-order chi connectivity index (χ0) is 22.8. The third-order valence-electron chi connectivity index (χ3n) is 4.40. The molecule has 0 aliphatic rings. The van der Waals surface area contributed by atoms with Crippen LogP contribution in [-0.2, 0) is 16.1 Å². The second-order valence-electron chi connectivity index (χ2n) is 6.73. The molecule has 1 N–H and O–H groups in total. The van der Waals surface area contributed by atoms with Crippen molar-refractivity contribution in [3.8, 4) is 17.1 Å². The van der Waals surface area contributed by atoms with Gasteiger partial charge in [-0.3, -0.25) is 4.79 Å². The van der Waals surface area contributed by atoms with Crippen LogP contribution >= 0.6 is 35.0 Å². The fraction of sp³-hybridized carbons (Fsp3) is 0.318. The van der Waals surface area contributed by atoms with E-state index >= 15 is 0 Å². The molecule has 10 heteroatoms. The molecule has 0 aliphatic heterocycles. The fourth-order valence-electron chi connectivity index (χ4n) is 2.88. The van der Waals surface area contributed by atoms with Crippen LogP contribution in [0.15, 0.2) is 53.7 Å². The summed E-state index contributed by atoms with van der Waals surface area (Å²) in [4.78, 5) is 12.3. The molecule has 1 heterocycles. The largest absolute Gasteiger partial charge is 0.492 e. The summed E-state index contributed by atoms with van der Waals surface area (Å²) in [5, 5.41) is 13.4. The smallest absolute Gasteiger partial charge is 0.230 e. The number of methoxy groups -OCH3 is 1. The lowest BCUT2D eigenvalue weighted by Gasteiger charge is -2.11. The van der Waals surface area contributed by atoms with Crippen LogP contribution in [0.4, 0.5) is 0 Å². The second-order valence-corrected chi connectivity index (χ2v) is 8.51. The summed E-state index contributed by atoms with van der Waals surface area (Å²) < 4.78 is 12.7. The molecule has 32 heavy (non-hydrogen) atoms. The number of ether oxygens (including phenoxy) is 2. The molecular formula is C22H24Cl2N4O3S. The van der Waals surface area contributed by atoms with Crippen LogP contribution in [0.1, 0.15) is 6.42 Å². The number of benzene rings is 2. The number of nitrogens with zero attached hydrogens (tertiary/aromatic N) is 3. The maximum Gasteiger partial charge on any atom is 0.230 e. The van der Waals surface area contributed by atoms with E-state index in [0.29, 0.717) is 53.1 Å². The molecule has 0 bridgehead atoms. The van der Waals surface area contributed by atoms with Crippen LogP contribution in [0.25, 0.3) is 11.4 Å². The zero-order valence-corrected chi connectivity index (χ0v) is 19.9. The molecule has 0 fully saturated rings. The van der Waals surface area contributed by atoms with Crippen LogP contribution in [0.5, 0.6) is 5.75 Å². The summed E-state index contributed by atoms with van der Waals surface area (Å²) in [6.07, 6.45) is 0.786. The SMILES string of the molecule is COCCCn1c(SCC(=O)NCCOc2ccc(Cl)cc2)nnc1-c1ccccc1Cl. The molecule has 1 aromatic heterocycles. The predicted molar refractivity (Wildman–Crippen MR) is 128 cm³/mol. The van der Waals surface area contributed by atoms with Crippen molar-refractivity contribution in [1.29, 1.82) is 0 Å². The lowest BCUT2D eigenvalue weighted by atomic mass is 10.2. The molecule has 170 valence electrons. The highest BCUT2D eigenvalue weighted by Gasteiger charge is 2.17. The van der Waals surface area contributed by atoms with Gasteiger partial charge in [-0.25, -0.2) is 0 Å². The van der Waals surface area contributed by atoms with Crippen molar-refractivity contribution in [2.24, 2.45) is 0 Å². The van der Waals surface area contributed by atoms with Crippen molar-refractivity contribution in [2.45, 2.75) is 18.1 Å². The van der Waals surface area contributed by atoms with Crippen LogP contribution in [-0.4, -0.2) is 53.3 Å². The Morgan fingerprint density at radius 1 is 1.09 bits per heavy atom. The standard InChI is InChI=1S/C22H24Cl2N4O3S/c1-30-13-4-12-28-21(18-5-2-3-6-19(18)24)26-27-22(28)32-15-20(29)25-11-14-31-17-9-7-16(23)8-10-17/h2-3,5-10H,4,11-15H2,1H3,(H,25,29). The minimum Gasteiger partial charge on any atom is -0.492 e. The molecule has 0 saturated heterocycles. The van der Waals surface area contributed by atoms with Gasteiger partial charge < -0.3 is 19.4 Å². The Bertz CT molecular complexity index is 1010. The van der Waals surface area contributed by atoms with Gasteiger partial charge in [-0.2, -0.15) is 0 Å². The highest BCUT2D eigenvalue weighted by Crippen LogP contribution is 2.29. The minimum absolute atomic E-state index is 0.111. The van der Waals surface area contributed by atoms with E-state index in [1.54, 1.807) is 31.4 Å². The van der Waals surface area contributed by atoms with Gasteiger partial charge in [0.2, 0.25) is 5.91 Å². The molecule has 0 radical (unpaired) electrons. The number of rotatable bonds is 12. The van der Waals surface area contributed by atoms with E-state index in [0.717, 1.165) is 12.0 Å². The van der Waals surface area contributed by atoms with Gasteiger partial charge >= 0.3 is 0 Å². The number of thioether (sulfide) groups is 1. The molecule has 3 rings (SSSR count). The van der Waals surface area contributed by atoms with Crippen LogP contribution in [0.2, 0.25) is 10.0 Å². The second kappa shape index (κ2) is 12.7. The van der Waals surface area contributed by atoms with Crippen molar-refractivity contribution >= 4 is 40.9 Å². The molecule has 0 unspecified atom stereocenters. The Kier molecular flexibility index (Phi) is 9.67. The van der Waals surface area contributed by atoms with Gasteiger partial charge in [0.15, 0.2) is 11.0 Å². The molecule has 1 amide bonds. The third-order valence-corrected chi connectivity index (χ3v) is 5.95. The normalized spacial score (nSPS) is 10.8. The number of halogens is 2. The van der Waals surface area contributed by atoms with E-state index in [9.17, 15) is 4.79 Å². The maximum absolute atomic E-state index is 12.3. The highest BCUT2D eigenvalue weighted by atomic mass is 35.5. The van der Waals surface area contributed by atoms with Crippen molar-refractivity contribution in [3.63, 3.8) is 0 Å². The van der Waals surface area contributed by atoms with E-state index < -0.39 is 0 Å². The zero-order valence-electron chi connectivity index (χ0n) is 17.6. The lowest BCUT2D eigenvalue weighted by Crippen LogP contribution is -2.29. The van der Waals surface area contributed by atoms with E-state index in [2.05, 4.69) is 15.5 Å². The summed E-state index contributed by atoms with van der Waals surface area (Å²) in [6.45, 7) is 2.02. The number of hydrogen-bond acceptors (Lipinski definition) is 6. The van der Waals surface area contributed by atoms with Gasteiger partial charge in [-0.1, -0.05) is 47.1 Å². The number of hydrogen-bond donors (Lipinski definition) is 1. The third kappa shape index (κ3) is 7.13. The first-order chi connectivity index (χ1) is 15.6. The summed E-state index contributed by atoms with van der Waals surface area (Å²) in [7, 11) is 1.66. The van der Waals surface area contributed by atoms with Crippen LogP contribution in [0.3, 0.4) is 0 Å². The number of carbonyl (C=O) groups is 1. The molecule has 0 spiro atoms. The Labute approximate surface area is 201 Å². The molecule has 0 aliphatic carbocycles. The Morgan fingerprint density at radius 2 is 1.88 bits per heavy atom. The van der Waals surface area contributed by atoms with Crippen LogP contribution in [0, 0.1) is 0 Å². The number of carbonyl (C=O) groups excluding carboxylic acids is 1. The molecular weight excluding hydrogens is 471 g/mol. The molecule has 0 atom stereocenters. The Hall–Kier alpha value is -2.26. The van der Waals surface area contributed by atoms with Crippen LogP contribution < -0.4 is 10.1 Å². The summed E-state index contributed by atoms with van der Waals surface area (Å²) in [5.74, 6) is 1.48. The van der Waals surface area contributed by atoms with Crippen molar-refractivity contribution in [1.82, 2.24) is 20.1 Å². The number of aromatic nitrogens is 3. The predicted octanol–water partition coefficient (Wildman–Crippen LogP) is 4.58. The van der Waals surface area contributed by atoms with Gasteiger partial charge in [0.05, 0.1) is 17.3 Å². The molecule has 3 aromatic rings. The van der Waals surface area contributed by atoms with E-state index in [-0.39, 0.29) is 11.7 Å². The van der Waals surface area contributed by atoms with E-state index in [1.165, 1.54) is 11.8 Å². The van der Waals surface area contributed by atoms with Gasteiger partial charge in [0, 0.05) is 30.8 Å². The molecule has 2 aromatic carbocycles. The summed E-state index contributed by atoms with van der Waals surface area (Å²) in [5.41, 5.74) is 0.801. The Morgan fingerprint density at radius 3 is 2.62 bits per heavy atom.